The lowest BCUT2D eigenvalue weighted by atomic mass is 10.2. The molecule has 0 atom stereocenters. The first-order valence-electron chi connectivity index (χ1n) is 6.14. The Bertz CT molecular complexity index is 627. The summed E-state index contributed by atoms with van der Waals surface area (Å²) in [4.78, 5) is 0. The van der Waals surface area contributed by atoms with E-state index in [-0.39, 0.29) is 0 Å². The Kier molecular flexibility index (Phi) is 5.45. The number of benzene rings is 2. The van der Waals surface area contributed by atoms with Gasteiger partial charge in [-0.1, -0.05) is 34.8 Å². The molecule has 2 rings (SSSR count). The molecule has 6 heteroatoms. The van der Waals surface area contributed by atoms with E-state index in [4.69, 9.17) is 44.3 Å². The zero-order valence-electron chi connectivity index (χ0n) is 11.5. The van der Waals surface area contributed by atoms with Crippen LogP contribution < -0.4 is 14.8 Å². The second-order valence-corrected chi connectivity index (χ2v) is 5.60. The second-order valence-electron chi connectivity index (χ2n) is 4.32. The lowest BCUT2D eigenvalue weighted by molar-refractivity contribution is 0.404. The van der Waals surface area contributed by atoms with Crippen LogP contribution >= 0.6 is 34.8 Å². The SMILES string of the molecule is COc1cc(NCc2cc(Cl)cc(Cl)c2)c(OC)cc1Cl. The minimum Gasteiger partial charge on any atom is -0.495 e. The summed E-state index contributed by atoms with van der Waals surface area (Å²) >= 11 is 18.0. The van der Waals surface area contributed by atoms with Crippen molar-refractivity contribution in [2.24, 2.45) is 0 Å². The Labute approximate surface area is 138 Å². The quantitative estimate of drug-likeness (QED) is 0.799. The molecule has 0 aromatic heterocycles. The molecular weight excluding hydrogens is 333 g/mol. The number of hydrogen-bond acceptors (Lipinski definition) is 3. The van der Waals surface area contributed by atoms with Gasteiger partial charge in [-0.25, -0.2) is 0 Å². The normalized spacial score (nSPS) is 10.3. The van der Waals surface area contributed by atoms with Crippen LogP contribution in [0.1, 0.15) is 5.56 Å². The Morgan fingerprint density at radius 1 is 0.857 bits per heavy atom. The highest BCUT2D eigenvalue weighted by Gasteiger charge is 2.10. The fourth-order valence-electron chi connectivity index (χ4n) is 1.91. The highest BCUT2D eigenvalue weighted by molar-refractivity contribution is 6.34. The van der Waals surface area contributed by atoms with Gasteiger partial charge in [-0.2, -0.15) is 0 Å². The highest BCUT2D eigenvalue weighted by Crippen LogP contribution is 2.36. The fraction of sp³-hybridized carbons (Fsp3) is 0.200. The van der Waals surface area contributed by atoms with Crippen LogP contribution in [-0.2, 0) is 6.54 Å². The van der Waals surface area contributed by atoms with Crippen molar-refractivity contribution in [2.45, 2.75) is 6.54 Å². The number of methoxy groups -OCH3 is 2. The average Bonchev–Trinajstić information content (AvgIpc) is 2.44. The lowest BCUT2D eigenvalue weighted by Gasteiger charge is -2.14. The summed E-state index contributed by atoms with van der Waals surface area (Å²) < 4.78 is 10.5. The molecule has 0 saturated heterocycles. The maximum Gasteiger partial charge on any atom is 0.143 e. The smallest absolute Gasteiger partial charge is 0.143 e. The molecule has 0 unspecified atom stereocenters. The van der Waals surface area contributed by atoms with Crippen molar-refractivity contribution in [1.29, 1.82) is 0 Å². The number of rotatable bonds is 5. The molecule has 21 heavy (non-hydrogen) atoms. The maximum atomic E-state index is 6.07. The van der Waals surface area contributed by atoms with Crippen molar-refractivity contribution < 1.29 is 9.47 Å². The molecule has 1 N–H and O–H groups in total. The molecule has 0 heterocycles. The molecular formula is C15H14Cl3NO2. The summed E-state index contributed by atoms with van der Waals surface area (Å²) in [6.45, 7) is 0.543. The van der Waals surface area contributed by atoms with Crippen molar-refractivity contribution in [3.05, 3.63) is 51.0 Å². The van der Waals surface area contributed by atoms with Gasteiger partial charge in [0.05, 0.1) is 24.9 Å². The Morgan fingerprint density at radius 3 is 2.05 bits per heavy atom. The molecule has 0 amide bonds. The van der Waals surface area contributed by atoms with Gasteiger partial charge in [0.2, 0.25) is 0 Å². The molecule has 0 saturated carbocycles. The zero-order chi connectivity index (χ0) is 15.4. The largest absolute Gasteiger partial charge is 0.495 e. The Hall–Kier alpha value is -1.29. The first-order valence-corrected chi connectivity index (χ1v) is 7.27. The van der Waals surface area contributed by atoms with Crippen molar-refractivity contribution in [3.8, 4) is 11.5 Å². The zero-order valence-corrected chi connectivity index (χ0v) is 13.8. The molecule has 0 aliphatic heterocycles. The van der Waals surface area contributed by atoms with Crippen molar-refractivity contribution in [2.75, 3.05) is 19.5 Å². The third-order valence-electron chi connectivity index (χ3n) is 2.88. The van der Waals surface area contributed by atoms with Crippen LogP contribution in [0.5, 0.6) is 11.5 Å². The van der Waals surface area contributed by atoms with Gasteiger partial charge < -0.3 is 14.8 Å². The van der Waals surface area contributed by atoms with E-state index in [9.17, 15) is 0 Å². The van der Waals surface area contributed by atoms with Gasteiger partial charge in [-0.15, -0.1) is 0 Å². The first kappa shape index (κ1) is 16.1. The van der Waals surface area contributed by atoms with Gasteiger partial charge >= 0.3 is 0 Å². The number of halogens is 3. The molecule has 2 aromatic rings. The Morgan fingerprint density at radius 2 is 1.48 bits per heavy atom. The summed E-state index contributed by atoms with van der Waals surface area (Å²) in [6, 6.07) is 8.87. The standard InChI is InChI=1S/C15H14Cl3NO2/c1-20-14-7-13(15(21-2)6-12(14)18)19-8-9-3-10(16)5-11(17)4-9/h3-7,19H,8H2,1-2H3. The monoisotopic (exact) mass is 345 g/mol. The highest BCUT2D eigenvalue weighted by atomic mass is 35.5. The summed E-state index contributed by atoms with van der Waals surface area (Å²) in [6.07, 6.45) is 0. The molecule has 3 nitrogen and oxygen atoms in total. The van der Waals surface area contributed by atoms with Crippen LogP contribution in [-0.4, -0.2) is 14.2 Å². The molecule has 112 valence electrons. The van der Waals surface area contributed by atoms with Gasteiger partial charge in [0.25, 0.3) is 0 Å². The molecule has 0 radical (unpaired) electrons. The maximum absolute atomic E-state index is 6.07. The van der Waals surface area contributed by atoms with E-state index in [1.165, 1.54) is 0 Å². The van der Waals surface area contributed by atoms with Gasteiger partial charge in [-0.05, 0) is 23.8 Å². The fourth-order valence-corrected chi connectivity index (χ4v) is 2.71. The second kappa shape index (κ2) is 7.12. The third kappa shape index (κ3) is 4.10. The van der Waals surface area contributed by atoms with E-state index in [0.29, 0.717) is 33.1 Å². The predicted octanol–water partition coefficient (Wildman–Crippen LogP) is 5.28. The summed E-state index contributed by atoms with van der Waals surface area (Å²) in [5.41, 5.74) is 1.73. The number of nitrogens with one attached hydrogen (secondary N) is 1. The number of hydrogen-bond donors (Lipinski definition) is 1. The molecule has 0 aliphatic carbocycles. The molecule has 0 bridgehead atoms. The van der Waals surface area contributed by atoms with Crippen molar-refractivity contribution in [1.82, 2.24) is 0 Å². The third-order valence-corrected chi connectivity index (χ3v) is 3.61. The average molecular weight is 347 g/mol. The van der Waals surface area contributed by atoms with Crippen LogP contribution in [0.15, 0.2) is 30.3 Å². The van der Waals surface area contributed by atoms with Gasteiger partial charge in [0.15, 0.2) is 0 Å². The first-order chi connectivity index (χ1) is 10.0. The van der Waals surface area contributed by atoms with Crippen molar-refractivity contribution in [3.63, 3.8) is 0 Å². The van der Waals surface area contributed by atoms with Gasteiger partial charge in [0, 0.05) is 28.7 Å². The van der Waals surface area contributed by atoms with Crippen molar-refractivity contribution >= 4 is 40.5 Å². The van der Waals surface area contributed by atoms with E-state index < -0.39 is 0 Å². The van der Waals surface area contributed by atoms with Crippen LogP contribution in [0.2, 0.25) is 15.1 Å². The summed E-state index contributed by atoms with van der Waals surface area (Å²) in [5.74, 6) is 1.21. The molecule has 0 aliphatic rings. The number of ether oxygens (including phenoxy) is 2. The molecule has 0 spiro atoms. The Balaban J connectivity index is 2.22. The van der Waals surface area contributed by atoms with Crippen LogP contribution in [0, 0.1) is 0 Å². The van der Waals surface area contributed by atoms with Crippen LogP contribution in [0.25, 0.3) is 0 Å². The van der Waals surface area contributed by atoms with E-state index in [1.54, 1.807) is 32.4 Å². The summed E-state index contributed by atoms with van der Waals surface area (Å²) in [7, 11) is 3.15. The van der Waals surface area contributed by atoms with E-state index >= 15 is 0 Å². The summed E-state index contributed by atoms with van der Waals surface area (Å²) in [5, 5.41) is 4.94. The van der Waals surface area contributed by atoms with Gasteiger partial charge in [0.1, 0.15) is 11.5 Å². The molecule has 2 aromatic carbocycles. The molecule has 0 fully saturated rings. The minimum absolute atomic E-state index is 0.491. The minimum atomic E-state index is 0.491. The van der Waals surface area contributed by atoms with Crippen LogP contribution in [0.3, 0.4) is 0 Å². The lowest BCUT2D eigenvalue weighted by Crippen LogP contribution is -2.02. The van der Waals surface area contributed by atoms with Crippen LogP contribution in [0.4, 0.5) is 5.69 Å². The predicted molar refractivity (Wildman–Crippen MR) is 88.3 cm³/mol. The van der Waals surface area contributed by atoms with Gasteiger partial charge in [-0.3, -0.25) is 0 Å². The number of anilines is 1. The topological polar surface area (TPSA) is 30.5 Å². The van der Waals surface area contributed by atoms with E-state index in [0.717, 1.165) is 11.3 Å². The van der Waals surface area contributed by atoms with E-state index in [2.05, 4.69) is 5.32 Å². The van der Waals surface area contributed by atoms with E-state index in [1.807, 2.05) is 12.1 Å².